The summed E-state index contributed by atoms with van der Waals surface area (Å²) in [6, 6.07) is 9.28. The van der Waals surface area contributed by atoms with Crippen molar-refractivity contribution in [3.8, 4) is 0 Å². The smallest absolute Gasteiger partial charge is 0.166 e. The second kappa shape index (κ2) is 4.51. The van der Waals surface area contributed by atoms with Gasteiger partial charge in [0, 0.05) is 6.42 Å². The Morgan fingerprint density at radius 1 is 1.28 bits per heavy atom. The average molecular weight is 244 g/mol. The molecule has 0 aromatic heterocycles. The lowest BCUT2D eigenvalue weighted by atomic mass is 9.78. The van der Waals surface area contributed by atoms with Crippen molar-refractivity contribution < 1.29 is 9.90 Å². The number of benzene rings is 1. The Morgan fingerprint density at radius 2 is 1.94 bits per heavy atom. The maximum atomic E-state index is 12.2. The van der Waals surface area contributed by atoms with E-state index in [1.807, 2.05) is 30.3 Å². The number of aliphatic hydroxyl groups excluding tert-OH is 1. The van der Waals surface area contributed by atoms with E-state index in [1.165, 1.54) is 32.1 Å². The Balaban J connectivity index is 1.68. The third-order valence-electron chi connectivity index (χ3n) is 4.86. The first-order chi connectivity index (χ1) is 8.69. The molecule has 18 heavy (non-hydrogen) atoms. The van der Waals surface area contributed by atoms with Crippen molar-refractivity contribution in [1.82, 2.24) is 0 Å². The molecule has 0 heterocycles. The molecule has 1 atom stereocenters. The third-order valence-corrected chi connectivity index (χ3v) is 4.86. The van der Waals surface area contributed by atoms with E-state index >= 15 is 0 Å². The molecule has 3 rings (SSSR count). The summed E-state index contributed by atoms with van der Waals surface area (Å²) < 4.78 is 0. The monoisotopic (exact) mass is 244 g/mol. The van der Waals surface area contributed by atoms with Gasteiger partial charge in [0.05, 0.1) is 0 Å². The Hall–Kier alpha value is -1.15. The molecule has 2 aliphatic carbocycles. The molecule has 0 radical (unpaired) electrons. The molecule has 0 aliphatic heterocycles. The number of aliphatic hydroxyl groups is 1. The van der Waals surface area contributed by atoms with Crippen molar-refractivity contribution in [3.63, 3.8) is 0 Å². The van der Waals surface area contributed by atoms with Crippen molar-refractivity contribution in [2.75, 3.05) is 0 Å². The van der Waals surface area contributed by atoms with Crippen molar-refractivity contribution in [3.05, 3.63) is 35.9 Å². The highest BCUT2D eigenvalue weighted by Crippen LogP contribution is 2.56. The largest absolute Gasteiger partial charge is 0.381 e. The summed E-state index contributed by atoms with van der Waals surface area (Å²) in [5.41, 5.74) is 0.962. The Morgan fingerprint density at radius 3 is 2.50 bits per heavy atom. The molecule has 2 heteroatoms. The fourth-order valence-corrected chi connectivity index (χ4v) is 3.85. The van der Waals surface area contributed by atoms with Crippen LogP contribution >= 0.6 is 0 Å². The quantitative estimate of drug-likeness (QED) is 0.882. The minimum atomic E-state index is -0.930. The maximum absolute atomic E-state index is 12.2. The number of hydrogen-bond donors (Lipinski definition) is 1. The maximum Gasteiger partial charge on any atom is 0.166 e. The summed E-state index contributed by atoms with van der Waals surface area (Å²) in [4.78, 5) is 12.2. The molecular weight excluding hydrogens is 224 g/mol. The van der Waals surface area contributed by atoms with Gasteiger partial charge in [-0.15, -0.1) is 0 Å². The van der Waals surface area contributed by atoms with Crippen LogP contribution in [0.5, 0.6) is 0 Å². The summed E-state index contributed by atoms with van der Waals surface area (Å²) in [5.74, 6) is 0.857. The molecule has 1 unspecified atom stereocenters. The summed E-state index contributed by atoms with van der Waals surface area (Å²) in [7, 11) is 0. The highest BCUT2D eigenvalue weighted by Gasteiger charge is 2.46. The van der Waals surface area contributed by atoms with E-state index in [1.54, 1.807) is 0 Å². The number of Topliss-reactive ketones (excluding diaryl/α,β-unsaturated/α-hetero) is 1. The Kier molecular flexibility index (Phi) is 2.98. The lowest BCUT2D eigenvalue weighted by molar-refractivity contribution is -0.129. The molecule has 2 bridgehead atoms. The van der Waals surface area contributed by atoms with Crippen LogP contribution in [0, 0.1) is 11.3 Å². The van der Waals surface area contributed by atoms with Crippen molar-refractivity contribution in [2.45, 2.75) is 44.6 Å². The van der Waals surface area contributed by atoms with Gasteiger partial charge in [0.25, 0.3) is 0 Å². The molecule has 2 fully saturated rings. The number of ketones is 1. The zero-order valence-electron chi connectivity index (χ0n) is 10.6. The molecule has 1 N–H and O–H groups in total. The zero-order valence-corrected chi connectivity index (χ0v) is 10.6. The predicted molar refractivity (Wildman–Crippen MR) is 70.0 cm³/mol. The highest BCUT2D eigenvalue weighted by molar-refractivity contribution is 5.84. The number of carbonyl (C=O) groups is 1. The number of fused-ring (bicyclic) bond motifs is 2. The van der Waals surface area contributed by atoms with Crippen LogP contribution in [0.15, 0.2) is 30.3 Å². The van der Waals surface area contributed by atoms with E-state index in [0.29, 0.717) is 6.42 Å². The molecule has 1 aromatic rings. The Labute approximate surface area is 108 Å². The van der Waals surface area contributed by atoms with E-state index in [9.17, 15) is 9.90 Å². The second-order valence-corrected chi connectivity index (χ2v) is 6.10. The van der Waals surface area contributed by atoms with Gasteiger partial charge >= 0.3 is 0 Å². The standard InChI is InChI=1S/C16H20O2/c17-14(15(18)13-4-2-1-3-5-13)11-16-8-6-12(10-16)7-9-16/h1-5,12,15,18H,6-11H2/t12-,15?,16-. The van der Waals surface area contributed by atoms with Gasteiger partial charge in [-0.3, -0.25) is 4.79 Å². The van der Waals surface area contributed by atoms with E-state index in [4.69, 9.17) is 0 Å². The predicted octanol–water partition coefficient (Wildman–Crippen LogP) is 3.26. The van der Waals surface area contributed by atoms with Crippen LogP contribution in [0.4, 0.5) is 0 Å². The summed E-state index contributed by atoms with van der Waals surface area (Å²) in [6.07, 6.45) is 5.79. The number of carbonyl (C=O) groups excluding carboxylic acids is 1. The molecule has 2 saturated carbocycles. The second-order valence-electron chi connectivity index (χ2n) is 6.10. The van der Waals surface area contributed by atoms with Crippen LogP contribution in [0.3, 0.4) is 0 Å². The van der Waals surface area contributed by atoms with Gasteiger partial charge in [-0.1, -0.05) is 30.3 Å². The third kappa shape index (κ3) is 2.10. The van der Waals surface area contributed by atoms with Crippen molar-refractivity contribution >= 4 is 5.78 Å². The van der Waals surface area contributed by atoms with E-state index < -0.39 is 6.10 Å². The molecule has 0 amide bonds. The first kappa shape index (κ1) is 11.9. The van der Waals surface area contributed by atoms with Crippen molar-refractivity contribution in [2.24, 2.45) is 11.3 Å². The molecule has 0 saturated heterocycles. The lowest BCUT2D eigenvalue weighted by Crippen LogP contribution is -2.23. The minimum absolute atomic E-state index is 0.00347. The lowest BCUT2D eigenvalue weighted by Gasteiger charge is -2.26. The van der Waals surface area contributed by atoms with Crippen LogP contribution in [0.1, 0.15) is 50.2 Å². The molecule has 0 spiro atoms. The van der Waals surface area contributed by atoms with E-state index in [-0.39, 0.29) is 11.2 Å². The molecule has 2 nitrogen and oxygen atoms in total. The first-order valence-corrected chi connectivity index (χ1v) is 6.94. The molecule has 1 aromatic carbocycles. The van der Waals surface area contributed by atoms with Gasteiger partial charge in [-0.25, -0.2) is 0 Å². The van der Waals surface area contributed by atoms with Gasteiger partial charge in [-0.2, -0.15) is 0 Å². The summed E-state index contributed by atoms with van der Waals surface area (Å²) in [6.45, 7) is 0. The van der Waals surface area contributed by atoms with E-state index in [2.05, 4.69) is 0 Å². The van der Waals surface area contributed by atoms with Crippen LogP contribution in [-0.2, 0) is 4.79 Å². The molecule has 2 aliphatic rings. The topological polar surface area (TPSA) is 37.3 Å². The fraction of sp³-hybridized carbons (Fsp3) is 0.562. The van der Waals surface area contributed by atoms with Crippen LogP contribution in [-0.4, -0.2) is 10.9 Å². The molecule has 96 valence electrons. The Bertz CT molecular complexity index is 430. The number of rotatable bonds is 4. The minimum Gasteiger partial charge on any atom is -0.381 e. The van der Waals surface area contributed by atoms with Crippen LogP contribution in [0.25, 0.3) is 0 Å². The SMILES string of the molecule is O=C(C[C@]12CC[C@H](CC1)C2)C(O)c1ccccc1. The van der Waals surface area contributed by atoms with Crippen LogP contribution in [0.2, 0.25) is 0 Å². The fourth-order valence-electron chi connectivity index (χ4n) is 3.85. The van der Waals surface area contributed by atoms with Gasteiger partial charge in [-0.05, 0) is 49.0 Å². The summed E-state index contributed by atoms with van der Waals surface area (Å²) >= 11 is 0. The normalized spacial score (nSPS) is 31.5. The van der Waals surface area contributed by atoms with Crippen molar-refractivity contribution in [1.29, 1.82) is 0 Å². The first-order valence-electron chi connectivity index (χ1n) is 6.94. The van der Waals surface area contributed by atoms with Gasteiger partial charge < -0.3 is 5.11 Å². The number of hydrogen-bond acceptors (Lipinski definition) is 2. The van der Waals surface area contributed by atoms with Gasteiger partial charge in [0.15, 0.2) is 5.78 Å². The van der Waals surface area contributed by atoms with Crippen LogP contribution < -0.4 is 0 Å². The summed E-state index contributed by atoms with van der Waals surface area (Å²) in [5, 5.41) is 10.1. The molecular formula is C16H20O2. The van der Waals surface area contributed by atoms with Gasteiger partial charge in [0.2, 0.25) is 0 Å². The average Bonchev–Trinajstić information content (AvgIpc) is 2.98. The highest BCUT2D eigenvalue weighted by atomic mass is 16.3. The van der Waals surface area contributed by atoms with Gasteiger partial charge in [0.1, 0.15) is 6.10 Å². The zero-order chi connectivity index (χ0) is 12.6. The van der Waals surface area contributed by atoms with E-state index in [0.717, 1.165) is 11.5 Å².